The maximum Gasteiger partial charge on any atom is 0.244 e. The second-order valence-electron chi connectivity index (χ2n) is 6.18. The standard InChI is InChI=1S/C20H21ClN4O2/c1-13-16(19(21)25(3)24-13)9-10-18(26)22-12-11-17-14(2)27-20(23-17)15-7-5-4-6-8-15/h4-10H,11-12H2,1-3H3,(H,22,26)/b10-9-. The van der Waals surface area contributed by atoms with Crippen LogP contribution in [0.15, 0.2) is 40.8 Å². The zero-order valence-corrected chi connectivity index (χ0v) is 16.2. The van der Waals surface area contributed by atoms with Crippen LogP contribution >= 0.6 is 11.6 Å². The number of amides is 1. The zero-order valence-electron chi connectivity index (χ0n) is 15.5. The van der Waals surface area contributed by atoms with E-state index in [4.69, 9.17) is 16.0 Å². The highest BCUT2D eigenvalue weighted by Gasteiger charge is 2.11. The van der Waals surface area contributed by atoms with Crippen LogP contribution in [0.4, 0.5) is 0 Å². The Kier molecular flexibility index (Phi) is 5.76. The van der Waals surface area contributed by atoms with Gasteiger partial charge in [-0.15, -0.1) is 0 Å². The molecule has 1 N–H and O–H groups in total. The van der Waals surface area contributed by atoms with Gasteiger partial charge in [-0.1, -0.05) is 29.8 Å². The molecule has 2 heterocycles. The number of nitrogens with zero attached hydrogens (tertiary/aromatic N) is 3. The van der Waals surface area contributed by atoms with Crippen molar-refractivity contribution in [2.24, 2.45) is 7.05 Å². The number of nitrogens with one attached hydrogen (secondary N) is 1. The Morgan fingerprint density at radius 2 is 2.04 bits per heavy atom. The summed E-state index contributed by atoms with van der Waals surface area (Å²) in [7, 11) is 1.76. The van der Waals surface area contributed by atoms with Gasteiger partial charge in [-0.2, -0.15) is 5.10 Å². The van der Waals surface area contributed by atoms with E-state index in [1.54, 1.807) is 17.8 Å². The molecule has 0 saturated carbocycles. The van der Waals surface area contributed by atoms with Crippen LogP contribution in [0.25, 0.3) is 17.5 Å². The lowest BCUT2D eigenvalue weighted by Gasteiger charge is -2.00. The summed E-state index contributed by atoms with van der Waals surface area (Å²) in [6.07, 6.45) is 3.73. The van der Waals surface area contributed by atoms with Gasteiger partial charge in [-0.3, -0.25) is 9.48 Å². The van der Waals surface area contributed by atoms with E-state index in [2.05, 4.69) is 15.4 Å². The second kappa shape index (κ2) is 8.22. The smallest absolute Gasteiger partial charge is 0.244 e. The molecular formula is C20H21ClN4O2. The third kappa shape index (κ3) is 4.46. The Morgan fingerprint density at radius 1 is 1.30 bits per heavy atom. The molecule has 1 aromatic carbocycles. The molecule has 6 nitrogen and oxygen atoms in total. The number of carbonyl (C=O) groups is 1. The van der Waals surface area contributed by atoms with Gasteiger partial charge in [0.15, 0.2) is 0 Å². The van der Waals surface area contributed by atoms with Crippen molar-refractivity contribution in [3.05, 3.63) is 64.3 Å². The highest BCUT2D eigenvalue weighted by atomic mass is 35.5. The van der Waals surface area contributed by atoms with Crippen molar-refractivity contribution in [2.75, 3.05) is 6.54 Å². The molecule has 2 aromatic heterocycles. The molecule has 27 heavy (non-hydrogen) atoms. The predicted octanol–water partition coefficient (Wildman–Crippen LogP) is 3.72. The van der Waals surface area contributed by atoms with Crippen LogP contribution in [0, 0.1) is 13.8 Å². The van der Waals surface area contributed by atoms with E-state index in [0.717, 1.165) is 28.3 Å². The molecule has 0 aliphatic rings. The van der Waals surface area contributed by atoms with Gasteiger partial charge >= 0.3 is 0 Å². The van der Waals surface area contributed by atoms with E-state index in [9.17, 15) is 4.79 Å². The van der Waals surface area contributed by atoms with Crippen LogP contribution < -0.4 is 5.32 Å². The van der Waals surface area contributed by atoms with Crippen molar-refractivity contribution >= 4 is 23.6 Å². The summed E-state index contributed by atoms with van der Waals surface area (Å²) >= 11 is 6.15. The molecule has 1 amide bonds. The fraction of sp³-hybridized carbons (Fsp3) is 0.250. The summed E-state index contributed by atoms with van der Waals surface area (Å²) < 4.78 is 7.31. The van der Waals surface area contributed by atoms with Crippen LogP contribution in [-0.4, -0.2) is 27.2 Å². The fourth-order valence-electron chi connectivity index (χ4n) is 2.72. The van der Waals surface area contributed by atoms with Gasteiger partial charge in [0.2, 0.25) is 11.8 Å². The number of rotatable bonds is 6. The topological polar surface area (TPSA) is 73.0 Å². The SMILES string of the molecule is Cc1nn(C)c(Cl)c1/C=C\C(=O)NCCc1nc(-c2ccccc2)oc1C. The molecule has 0 aliphatic carbocycles. The Morgan fingerprint density at radius 3 is 2.70 bits per heavy atom. The molecule has 0 bridgehead atoms. The summed E-state index contributed by atoms with van der Waals surface area (Å²) in [5.74, 6) is 1.16. The molecule has 3 aromatic rings. The van der Waals surface area contributed by atoms with E-state index in [-0.39, 0.29) is 5.91 Å². The van der Waals surface area contributed by atoms with Crippen LogP contribution in [0.2, 0.25) is 5.15 Å². The fourth-order valence-corrected chi connectivity index (χ4v) is 2.96. The number of benzene rings is 1. The third-order valence-corrected chi connectivity index (χ3v) is 4.62. The Labute approximate surface area is 162 Å². The largest absolute Gasteiger partial charge is 0.441 e. The normalized spacial score (nSPS) is 11.3. The van der Waals surface area contributed by atoms with E-state index in [1.807, 2.05) is 44.2 Å². The third-order valence-electron chi connectivity index (χ3n) is 4.17. The molecule has 3 rings (SSSR count). The number of oxazole rings is 1. The lowest BCUT2D eigenvalue weighted by molar-refractivity contribution is -0.116. The second-order valence-corrected chi connectivity index (χ2v) is 6.53. The zero-order chi connectivity index (χ0) is 19.4. The summed E-state index contributed by atoms with van der Waals surface area (Å²) in [6, 6.07) is 9.73. The van der Waals surface area contributed by atoms with Crippen molar-refractivity contribution in [1.82, 2.24) is 20.1 Å². The first-order valence-electron chi connectivity index (χ1n) is 8.62. The first-order valence-corrected chi connectivity index (χ1v) is 9.00. The highest BCUT2D eigenvalue weighted by molar-refractivity contribution is 6.31. The molecule has 0 saturated heterocycles. The lowest BCUT2D eigenvalue weighted by Crippen LogP contribution is -2.23. The van der Waals surface area contributed by atoms with Gasteiger partial charge in [0.05, 0.1) is 11.4 Å². The molecule has 0 aliphatic heterocycles. The van der Waals surface area contributed by atoms with Gasteiger partial charge in [0.25, 0.3) is 0 Å². The molecule has 0 atom stereocenters. The molecule has 0 spiro atoms. The summed E-state index contributed by atoms with van der Waals surface area (Å²) in [6.45, 7) is 4.19. The summed E-state index contributed by atoms with van der Waals surface area (Å²) in [5.41, 5.74) is 3.29. The number of aryl methyl sites for hydroxylation is 3. The first kappa shape index (κ1) is 18.9. The van der Waals surface area contributed by atoms with Gasteiger partial charge < -0.3 is 9.73 Å². The van der Waals surface area contributed by atoms with Gasteiger partial charge in [-0.25, -0.2) is 4.98 Å². The van der Waals surface area contributed by atoms with Crippen LogP contribution in [-0.2, 0) is 18.3 Å². The van der Waals surface area contributed by atoms with Crippen LogP contribution in [0.3, 0.4) is 0 Å². The lowest BCUT2D eigenvalue weighted by atomic mass is 10.2. The van der Waals surface area contributed by atoms with E-state index < -0.39 is 0 Å². The monoisotopic (exact) mass is 384 g/mol. The van der Waals surface area contributed by atoms with Gasteiger partial charge in [0, 0.05) is 37.2 Å². The van der Waals surface area contributed by atoms with Crippen LogP contribution in [0.1, 0.15) is 22.7 Å². The number of aromatic nitrogens is 3. The summed E-state index contributed by atoms with van der Waals surface area (Å²) in [4.78, 5) is 16.6. The molecular weight excluding hydrogens is 364 g/mol. The molecule has 7 heteroatoms. The average molecular weight is 385 g/mol. The van der Waals surface area contributed by atoms with Crippen molar-refractivity contribution in [1.29, 1.82) is 0 Å². The first-order chi connectivity index (χ1) is 13.0. The van der Waals surface area contributed by atoms with E-state index >= 15 is 0 Å². The molecule has 0 fully saturated rings. The molecule has 140 valence electrons. The number of carbonyl (C=O) groups excluding carboxylic acids is 1. The predicted molar refractivity (Wildman–Crippen MR) is 105 cm³/mol. The van der Waals surface area contributed by atoms with Gasteiger partial charge in [-0.05, 0) is 32.1 Å². The Hall–Kier alpha value is -2.86. The number of hydrogen-bond acceptors (Lipinski definition) is 4. The Bertz CT molecular complexity index is 974. The number of halogens is 1. The summed E-state index contributed by atoms with van der Waals surface area (Å²) in [5, 5.41) is 7.56. The van der Waals surface area contributed by atoms with Gasteiger partial charge in [0.1, 0.15) is 10.9 Å². The quantitative estimate of drug-likeness (QED) is 0.657. The van der Waals surface area contributed by atoms with Crippen molar-refractivity contribution in [3.8, 4) is 11.5 Å². The number of hydrogen-bond donors (Lipinski definition) is 1. The van der Waals surface area contributed by atoms with Crippen LogP contribution in [0.5, 0.6) is 0 Å². The minimum Gasteiger partial charge on any atom is -0.441 e. The van der Waals surface area contributed by atoms with Crippen molar-refractivity contribution in [3.63, 3.8) is 0 Å². The van der Waals surface area contributed by atoms with E-state index in [0.29, 0.717) is 24.0 Å². The van der Waals surface area contributed by atoms with Crippen molar-refractivity contribution in [2.45, 2.75) is 20.3 Å². The Balaban J connectivity index is 1.56. The minimum atomic E-state index is -0.196. The molecule has 0 radical (unpaired) electrons. The minimum absolute atomic E-state index is 0.196. The average Bonchev–Trinajstić information content (AvgIpc) is 3.14. The maximum atomic E-state index is 12.0. The molecule has 0 unspecified atom stereocenters. The maximum absolute atomic E-state index is 12.0. The van der Waals surface area contributed by atoms with Crippen molar-refractivity contribution < 1.29 is 9.21 Å². The van der Waals surface area contributed by atoms with E-state index in [1.165, 1.54) is 6.08 Å². The highest BCUT2D eigenvalue weighted by Crippen LogP contribution is 2.22.